The fourth-order valence-electron chi connectivity index (χ4n) is 3.20. The first-order valence-electron chi connectivity index (χ1n) is 9.92. The van der Waals surface area contributed by atoms with E-state index in [-0.39, 0.29) is 11.0 Å². The Kier molecular flexibility index (Phi) is 6.24. The smallest absolute Gasteiger partial charge is 0.253 e. The molecule has 6 nitrogen and oxygen atoms in total. The molecule has 0 saturated carbocycles. The zero-order valence-electron chi connectivity index (χ0n) is 18.5. The maximum absolute atomic E-state index is 14.3. The summed E-state index contributed by atoms with van der Waals surface area (Å²) in [7, 11) is -3.85. The van der Waals surface area contributed by atoms with Crippen LogP contribution in [0.1, 0.15) is 55.2 Å². The molecule has 0 radical (unpaired) electrons. The topological polar surface area (TPSA) is 88.2 Å². The van der Waals surface area contributed by atoms with Gasteiger partial charge in [-0.05, 0) is 47.7 Å². The molecule has 0 aliphatic carbocycles. The molecule has 1 amide bonds. The highest BCUT2D eigenvalue weighted by Crippen LogP contribution is 2.27. The second-order valence-electron chi connectivity index (χ2n) is 8.81. The van der Waals surface area contributed by atoms with Gasteiger partial charge in [0, 0.05) is 11.6 Å². The van der Waals surface area contributed by atoms with E-state index in [4.69, 9.17) is 0 Å². The minimum Gasteiger partial charge on any atom is -0.345 e. The van der Waals surface area contributed by atoms with E-state index in [0.29, 0.717) is 5.56 Å². The van der Waals surface area contributed by atoms with Crippen LogP contribution >= 0.6 is 0 Å². The first kappa shape index (κ1) is 23.6. The number of aromatic nitrogens is 1. The highest BCUT2D eigenvalue weighted by atomic mass is 32.2. The summed E-state index contributed by atoms with van der Waals surface area (Å²) in [6.07, 6.45) is 2.25. The van der Waals surface area contributed by atoms with Gasteiger partial charge in [-0.2, -0.15) is 0 Å². The van der Waals surface area contributed by atoms with Gasteiger partial charge >= 0.3 is 0 Å². The van der Waals surface area contributed by atoms with Crippen LogP contribution < -0.4 is 10.0 Å². The fourth-order valence-corrected chi connectivity index (χ4v) is 3.77. The third-order valence-corrected chi connectivity index (χ3v) is 5.59. The summed E-state index contributed by atoms with van der Waals surface area (Å²) in [5, 5.41) is 3.48. The van der Waals surface area contributed by atoms with Crippen LogP contribution in [-0.4, -0.2) is 25.6 Å². The number of nitrogens with zero attached hydrogens (tertiary/aromatic N) is 1. The van der Waals surface area contributed by atoms with E-state index >= 15 is 0 Å². The van der Waals surface area contributed by atoms with Crippen molar-refractivity contribution in [2.24, 2.45) is 0 Å². The van der Waals surface area contributed by atoms with Crippen LogP contribution in [0.5, 0.6) is 0 Å². The number of hydrogen-bond donors (Lipinski definition) is 2. The van der Waals surface area contributed by atoms with Crippen molar-refractivity contribution >= 4 is 32.5 Å². The number of carbonyl (C=O) groups is 1. The van der Waals surface area contributed by atoms with Crippen LogP contribution in [0.2, 0.25) is 0 Å². The van der Waals surface area contributed by atoms with Gasteiger partial charge in [-0.15, -0.1) is 0 Å². The number of nitrogens with one attached hydrogen (secondary N) is 2. The van der Waals surface area contributed by atoms with Crippen molar-refractivity contribution in [3.05, 3.63) is 70.9 Å². The van der Waals surface area contributed by atoms with Gasteiger partial charge in [0.25, 0.3) is 5.91 Å². The van der Waals surface area contributed by atoms with Crippen LogP contribution in [0.15, 0.2) is 42.6 Å². The van der Waals surface area contributed by atoms with Gasteiger partial charge in [0.05, 0.1) is 23.4 Å². The zero-order chi connectivity index (χ0) is 23.8. The van der Waals surface area contributed by atoms with E-state index in [2.05, 4.69) is 31.1 Å². The lowest BCUT2D eigenvalue weighted by molar-refractivity contribution is 0.0939. The molecular weight excluding hydrogens is 436 g/mol. The Morgan fingerprint density at radius 1 is 1.06 bits per heavy atom. The summed E-state index contributed by atoms with van der Waals surface area (Å²) < 4.78 is 52.9. The van der Waals surface area contributed by atoms with Crippen LogP contribution in [-0.2, 0) is 15.4 Å². The van der Waals surface area contributed by atoms with Crippen molar-refractivity contribution in [2.45, 2.75) is 39.2 Å². The molecule has 170 valence electrons. The van der Waals surface area contributed by atoms with Crippen molar-refractivity contribution in [1.82, 2.24) is 10.3 Å². The molecule has 9 heteroatoms. The van der Waals surface area contributed by atoms with Gasteiger partial charge in [0.1, 0.15) is 5.69 Å². The zero-order valence-corrected chi connectivity index (χ0v) is 19.3. The summed E-state index contributed by atoms with van der Waals surface area (Å²) in [5.41, 5.74) is 1.56. The number of benzene rings is 2. The Hall–Kier alpha value is -3.07. The monoisotopic (exact) mass is 461 g/mol. The lowest BCUT2D eigenvalue weighted by Gasteiger charge is -2.19. The first-order chi connectivity index (χ1) is 14.7. The van der Waals surface area contributed by atoms with Gasteiger partial charge in [0.15, 0.2) is 11.6 Å². The number of halogens is 2. The van der Waals surface area contributed by atoms with Gasteiger partial charge in [0.2, 0.25) is 10.0 Å². The molecule has 1 aromatic heterocycles. The van der Waals surface area contributed by atoms with Gasteiger partial charge in [-0.3, -0.25) is 14.5 Å². The van der Waals surface area contributed by atoms with E-state index in [9.17, 15) is 22.0 Å². The molecule has 0 aliphatic rings. The van der Waals surface area contributed by atoms with Crippen molar-refractivity contribution in [3.63, 3.8) is 0 Å². The number of hydrogen-bond acceptors (Lipinski definition) is 4. The molecule has 1 unspecified atom stereocenters. The number of sulfonamides is 1. The number of anilines is 1. The summed E-state index contributed by atoms with van der Waals surface area (Å²) in [6, 6.07) is 8.81. The Morgan fingerprint density at radius 2 is 1.69 bits per heavy atom. The molecule has 1 heterocycles. The molecular formula is C23H25F2N3O3S. The van der Waals surface area contributed by atoms with Crippen LogP contribution in [0.4, 0.5) is 14.5 Å². The van der Waals surface area contributed by atoms with Crippen molar-refractivity contribution in [3.8, 4) is 0 Å². The summed E-state index contributed by atoms with van der Waals surface area (Å²) in [5.74, 6) is -2.60. The molecule has 32 heavy (non-hydrogen) atoms. The maximum atomic E-state index is 14.3. The predicted molar refractivity (Wildman–Crippen MR) is 121 cm³/mol. The van der Waals surface area contributed by atoms with E-state index in [1.54, 1.807) is 13.0 Å². The molecule has 0 aliphatic heterocycles. The minimum absolute atomic E-state index is 0.0295. The Bertz CT molecular complexity index is 1280. The van der Waals surface area contributed by atoms with Crippen LogP contribution in [0.25, 0.3) is 10.9 Å². The third-order valence-electron chi connectivity index (χ3n) is 5.01. The van der Waals surface area contributed by atoms with E-state index in [1.807, 2.05) is 22.9 Å². The first-order valence-corrected chi connectivity index (χ1v) is 11.8. The quantitative estimate of drug-likeness (QED) is 0.578. The minimum atomic E-state index is -3.85. The van der Waals surface area contributed by atoms with Gasteiger partial charge < -0.3 is 5.32 Å². The van der Waals surface area contributed by atoms with Crippen molar-refractivity contribution in [2.75, 3.05) is 11.0 Å². The molecule has 3 rings (SSSR count). The number of amides is 1. The number of pyridine rings is 1. The molecule has 0 spiro atoms. The van der Waals surface area contributed by atoms with Crippen LogP contribution in [0.3, 0.4) is 0 Å². The number of rotatable bonds is 5. The summed E-state index contributed by atoms with van der Waals surface area (Å²) in [6.45, 7) is 7.88. The van der Waals surface area contributed by atoms with Crippen LogP contribution in [0, 0.1) is 11.6 Å². The second-order valence-corrected chi connectivity index (χ2v) is 10.6. The standard InChI is InChI=1S/C23H25F2N3O3S/c1-13(15-9-18(24)21(19(25)10-15)28-32(5,30)31)27-22(29)16-8-14-6-7-17(23(2,3)4)11-20(14)26-12-16/h6-13,28H,1-5H3,(H,27,29). The number of fused-ring (bicyclic) bond motifs is 1. The SMILES string of the molecule is CC(NC(=O)c1cnc2cc(C(C)(C)C)ccc2c1)c1cc(F)c(NS(C)(=O)=O)c(F)c1. The number of carbonyl (C=O) groups excluding carboxylic acids is 1. The maximum Gasteiger partial charge on any atom is 0.253 e. The average molecular weight is 462 g/mol. The van der Waals surface area contributed by atoms with Crippen molar-refractivity contribution in [1.29, 1.82) is 0 Å². The summed E-state index contributed by atoms with van der Waals surface area (Å²) in [4.78, 5) is 17.1. The Balaban J connectivity index is 1.81. The Morgan fingerprint density at radius 3 is 2.25 bits per heavy atom. The fraction of sp³-hybridized carbons (Fsp3) is 0.304. The molecule has 0 fully saturated rings. The van der Waals surface area contributed by atoms with E-state index < -0.39 is 39.3 Å². The van der Waals surface area contributed by atoms with Gasteiger partial charge in [-0.25, -0.2) is 17.2 Å². The highest BCUT2D eigenvalue weighted by Gasteiger charge is 2.19. The molecule has 3 aromatic rings. The molecule has 2 N–H and O–H groups in total. The molecule has 0 bridgehead atoms. The second kappa shape index (κ2) is 8.46. The summed E-state index contributed by atoms with van der Waals surface area (Å²) >= 11 is 0. The lowest BCUT2D eigenvalue weighted by Crippen LogP contribution is -2.27. The molecule has 2 aromatic carbocycles. The largest absolute Gasteiger partial charge is 0.345 e. The highest BCUT2D eigenvalue weighted by molar-refractivity contribution is 7.92. The molecule has 1 atom stereocenters. The normalized spacial score (nSPS) is 13.1. The average Bonchev–Trinajstić information content (AvgIpc) is 2.68. The van der Waals surface area contributed by atoms with Gasteiger partial charge in [-0.1, -0.05) is 32.9 Å². The lowest BCUT2D eigenvalue weighted by atomic mass is 9.86. The predicted octanol–water partition coefficient (Wildman–Crippen LogP) is 4.67. The third kappa shape index (κ3) is 5.40. The van der Waals surface area contributed by atoms with E-state index in [1.165, 1.54) is 6.20 Å². The van der Waals surface area contributed by atoms with Crippen molar-refractivity contribution < 1.29 is 22.0 Å². The van der Waals surface area contributed by atoms with E-state index in [0.717, 1.165) is 34.9 Å². The Labute approximate surface area is 186 Å². The molecule has 0 saturated heterocycles.